The third kappa shape index (κ3) is 8.78. The highest BCUT2D eigenvalue weighted by molar-refractivity contribution is 6.26. The first-order chi connectivity index (χ1) is 41.6. The second-order valence-corrected chi connectivity index (χ2v) is 22.3. The Morgan fingerprint density at radius 2 is 1.08 bits per heavy atom. The SMILES string of the molecule is C1=CCC(c2nc(-c3ccccc3)nc(-c3cc(C4NC(c5ccccc5)NC(c5cccc(-c6ccccc6)c5)N4)ccc3-n3c4c(c5cc(-c6ccccc6)c6c(c7ccccc7n6-c6ccc7ccccc7c6)c53)CCC=C4)n2)C=C1. The van der Waals surface area contributed by atoms with Crippen LogP contribution in [-0.2, 0) is 6.42 Å². The van der Waals surface area contributed by atoms with E-state index in [1.165, 1.54) is 54.7 Å². The number of allylic oxidation sites excluding steroid dienone is 5. The number of aromatic nitrogens is 5. The zero-order chi connectivity index (χ0) is 55.5. The van der Waals surface area contributed by atoms with Gasteiger partial charge in [0.25, 0.3) is 0 Å². The second-order valence-electron chi connectivity index (χ2n) is 22.3. The normalized spacial score (nSPS) is 17.6. The quantitative estimate of drug-likeness (QED) is 0.127. The van der Waals surface area contributed by atoms with Crippen LogP contribution in [0.25, 0.3) is 106 Å². The molecule has 1 saturated heterocycles. The molecule has 0 bridgehead atoms. The molecule has 2 aliphatic carbocycles. The van der Waals surface area contributed by atoms with Gasteiger partial charge in [-0.1, -0.05) is 225 Å². The molecule has 3 aliphatic rings. The van der Waals surface area contributed by atoms with E-state index in [1.54, 1.807) is 0 Å². The minimum absolute atomic E-state index is 0.0296. The molecule has 0 saturated carbocycles. The number of fused-ring (bicyclic) bond motifs is 8. The van der Waals surface area contributed by atoms with Gasteiger partial charge in [0.1, 0.15) is 5.82 Å². The van der Waals surface area contributed by atoms with E-state index in [0.29, 0.717) is 11.6 Å². The van der Waals surface area contributed by atoms with E-state index in [1.807, 2.05) is 6.07 Å². The lowest BCUT2D eigenvalue weighted by Crippen LogP contribution is -2.54. The van der Waals surface area contributed by atoms with Crippen LogP contribution >= 0.6 is 0 Å². The summed E-state index contributed by atoms with van der Waals surface area (Å²) in [6, 6.07) is 85.5. The number of nitrogens with zero attached hydrogens (tertiary/aromatic N) is 5. The molecule has 8 nitrogen and oxygen atoms in total. The van der Waals surface area contributed by atoms with Crippen molar-refractivity contribution < 1.29 is 0 Å². The van der Waals surface area contributed by atoms with E-state index in [2.05, 4.69) is 292 Å². The number of rotatable bonds is 10. The minimum atomic E-state index is -0.314. The average Bonchev–Trinajstić information content (AvgIpc) is 4.24. The smallest absolute Gasteiger partial charge is 0.165 e. The van der Waals surface area contributed by atoms with Gasteiger partial charge in [0.15, 0.2) is 11.6 Å². The summed E-state index contributed by atoms with van der Waals surface area (Å²) in [5.41, 5.74) is 18.0. The zero-order valence-electron chi connectivity index (χ0n) is 46.1. The molecule has 402 valence electrons. The summed E-state index contributed by atoms with van der Waals surface area (Å²) in [7, 11) is 0. The summed E-state index contributed by atoms with van der Waals surface area (Å²) in [6.07, 6.45) is 15.3. The lowest BCUT2D eigenvalue weighted by atomic mass is 9.95. The van der Waals surface area contributed by atoms with E-state index in [9.17, 15) is 0 Å². The van der Waals surface area contributed by atoms with Gasteiger partial charge in [0.2, 0.25) is 0 Å². The fourth-order valence-electron chi connectivity index (χ4n) is 13.2. The zero-order valence-corrected chi connectivity index (χ0v) is 46.1. The first-order valence-electron chi connectivity index (χ1n) is 29.3. The van der Waals surface area contributed by atoms with Gasteiger partial charge in [-0.15, -0.1) is 0 Å². The number of nitrogens with one attached hydrogen (secondary N) is 3. The van der Waals surface area contributed by atoms with Crippen molar-refractivity contribution in [3.8, 4) is 56.4 Å². The Kier molecular flexibility index (Phi) is 12.4. The maximum absolute atomic E-state index is 5.60. The van der Waals surface area contributed by atoms with Crippen LogP contribution in [0.2, 0.25) is 0 Å². The van der Waals surface area contributed by atoms with Crippen LogP contribution in [0.5, 0.6) is 0 Å². The molecule has 4 atom stereocenters. The predicted octanol–water partition coefficient (Wildman–Crippen LogP) is 17.5. The van der Waals surface area contributed by atoms with Crippen molar-refractivity contribution in [3.05, 3.63) is 301 Å². The molecule has 1 aliphatic heterocycles. The van der Waals surface area contributed by atoms with E-state index in [4.69, 9.17) is 15.0 Å². The molecule has 84 heavy (non-hydrogen) atoms. The summed E-state index contributed by atoms with van der Waals surface area (Å²) in [5, 5.41) is 18.1. The maximum atomic E-state index is 5.60. The highest BCUT2D eigenvalue weighted by Gasteiger charge is 2.33. The fourth-order valence-corrected chi connectivity index (χ4v) is 13.2. The molecule has 0 spiro atoms. The molecule has 3 aromatic heterocycles. The van der Waals surface area contributed by atoms with E-state index in [0.717, 1.165) is 86.5 Å². The van der Waals surface area contributed by atoms with Gasteiger partial charge in [0, 0.05) is 50.1 Å². The van der Waals surface area contributed by atoms with Crippen LogP contribution < -0.4 is 16.0 Å². The first-order valence-corrected chi connectivity index (χ1v) is 29.3. The largest absolute Gasteiger partial charge is 0.309 e. The van der Waals surface area contributed by atoms with Crippen LogP contribution in [0.4, 0.5) is 0 Å². The number of benzene rings is 10. The molecule has 10 aromatic carbocycles. The Hall–Kier alpha value is -10.1. The molecule has 4 unspecified atom stereocenters. The summed E-state index contributed by atoms with van der Waals surface area (Å²) in [5.74, 6) is 1.97. The molecular weight excluding hydrogens is 1020 g/mol. The number of hydrogen-bond acceptors (Lipinski definition) is 6. The van der Waals surface area contributed by atoms with Crippen molar-refractivity contribution in [3.63, 3.8) is 0 Å². The van der Waals surface area contributed by atoms with Gasteiger partial charge >= 0.3 is 0 Å². The van der Waals surface area contributed by atoms with E-state index >= 15 is 0 Å². The fraction of sp³-hybridized carbons (Fsp3) is 0.0921. The molecule has 8 heteroatoms. The van der Waals surface area contributed by atoms with Crippen molar-refractivity contribution in [1.29, 1.82) is 0 Å². The van der Waals surface area contributed by atoms with Crippen molar-refractivity contribution >= 4 is 49.6 Å². The number of para-hydroxylation sites is 1. The van der Waals surface area contributed by atoms with Crippen LogP contribution in [-0.4, -0.2) is 24.1 Å². The molecule has 13 aromatic rings. The lowest BCUT2D eigenvalue weighted by molar-refractivity contribution is 0.203. The monoisotopic (exact) mass is 1080 g/mol. The van der Waals surface area contributed by atoms with Crippen molar-refractivity contribution in [2.75, 3.05) is 0 Å². The van der Waals surface area contributed by atoms with Gasteiger partial charge in [-0.2, -0.15) is 0 Å². The summed E-state index contributed by atoms with van der Waals surface area (Å²) in [6.45, 7) is 0. The Bertz CT molecular complexity index is 4750. The third-order valence-corrected chi connectivity index (χ3v) is 17.2. The Labute approximate surface area is 487 Å². The molecular formula is C76H58N8. The summed E-state index contributed by atoms with van der Waals surface area (Å²) in [4.78, 5) is 16.5. The van der Waals surface area contributed by atoms with Crippen LogP contribution in [0, 0.1) is 0 Å². The van der Waals surface area contributed by atoms with Crippen molar-refractivity contribution in [2.45, 2.75) is 43.7 Å². The lowest BCUT2D eigenvalue weighted by Gasteiger charge is -2.40. The molecule has 3 N–H and O–H groups in total. The highest BCUT2D eigenvalue weighted by Crippen LogP contribution is 2.48. The topological polar surface area (TPSA) is 84.6 Å². The van der Waals surface area contributed by atoms with E-state index in [-0.39, 0.29) is 24.4 Å². The van der Waals surface area contributed by atoms with E-state index < -0.39 is 0 Å². The van der Waals surface area contributed by atoms with Gasteiger partial charge < -0.3 is 9.13 Å². The van der Waals surface area contributed by atoms with Crippen molar-refractivity contribution in [2.24, 2.45) is 0 Å². The Morgan fingerprint density at radius 1 is 0.429 bits per heavy atom. The molecule has 16 rings (SSSR count). The van der Waals surface area contributed by atoms with Crippen LogP contribution in [0.15, 0.2) is 267 Å². The van der Waals surface area contributed by atoms with Gasteiger partial charge in [-0.3, -0.25) is 16.0 Å². The van der Waals surface area contributed by atoms with Gasteiger partial charge in [-0.05, 0) is 118 Å². The number of aryl methyl sites for hydroxylation is 1. The van der Waals surface area contributed by atoms with Gasteiger partial charge in [0.05, 0.1) is 40.7 Å². The Morgan fingerprint density at radius 3 is 1.86 bits per heavy atom. The first kappa shape index (κ1) is 49.7. The molecule has 0 radical (unpaired) electrons. The highest BCUT2D eigenvalue weighted by atomic mass is 15.4. The van der Waals surface area contributed by atoms with Gasteiger partial charge in [-0.25, -0.2) is 15.0 Å². The molecule has 0 amide bonds. The number of hydrogen-bond donors (Lipinski definition) is 3. The average molecular weight is 1080 g/mol. The maximum Gasteiger partial charge on any atom is 0.165 e. The standard InChI is InChI=1S/C76H58N8/c1-6-23-49(24-7-1)55-35-22-36-57(45-55)74-78-71(52-28-10-3-11-29-52)79-75(80-74)58-42-44-67(64(47-58)76-81-72(53-30-12-4-13-31-53)77-73(82-76)54-32-14-5-15-33-54)84-65-39-20-18-37-60(65)63-48-62(51-26-8-2-9-27-51)69-68(70(63)84)61-38-19-21-40-66(61)83(69)59-43-41-50-25-16-17-34-56(50)46-59/h1-17,19-32,34-36,38-48,54,71,74-75,78-80H,18,33,37H2. The third-order valence-electron chi connectivity index (χ3n) is 17.2. The Balaban J connectivity index is 0.974. The van der Waals surface area contributed by atoms with Crippen molar-refractivity contribution in [1.82, 2.24) is 40.0 Å². The van der Waals surface area contributed by atoms with Crippen LogP contribution in [0.1, 0.15) is 71.0 Å². The van der Waals surface area contributed by atoms with Crippen LogP contribution in [0.3, 0.4) is 0 Å². The molecule has 4 heterocycles. The minimum Gasteiger partial charge on any atom is -0.309 e. The summed E-state index contributed by atoms with van der Waals surface area (Å²) < 4.78 is 5.06. The second kappa shape index (κ2) is 21.0. The predicted molar refractivity (Wildman–Crippen MR) is 344 cm³/mol. The summed E-state index contributed by atoms with van der Waals surface area (Å²) >= 11 is 0. The molecule has 1 fully saturated rings.